The zero-order valence-electron chi connectivity index (χ0n) is 17.8. The summed E-state index contributed by atoms with van der Waals surface area (Å²) in [7, 11) is 0. The topological polar surface area (TPSA) is 100 Å². The quantitative estimate of drug-likeness (QED) is 0.479. The largest absolute Gasteiger partial charge is 0.481 e. The predicted molar refractivity (Wildman–Crippen MR) is 116 cm³/mol. The third-order valence-corrected chi connectivity index (χ3v) is 5.17. The van der Waals surface area contributed by atoms with E-state index in [0.29, 0.717) is 17.7 Å². The molecule has 0 aliphatic rings. The lowest BCUT2D eigenvalue weighted by atomic mass is 10.1. The molecule has 0 radical (unpaired) electrons. The van der Waals surface area contributed by atoms with Crippen LogP contribution >= 0.6 is 0 Å². The standard InChI is InChI=1S/C22H30FN3O4/c1-4-7-9-24-18-12-19-15(11-17(18)23)21(29)16(13-26(19)14(5-2)6-3)22(30)25-10-8-20(27)28/h11-14,24H,4-10H2,1-3H3,(H,25,30)(H,27,28). The Morgan fingerprint density at radius 3 is 2.47 bits per heavy atom. The van der Waals surface area contributed by atoms with Gasteiger partial charge in [0.2, 0.25) is 5.43 Å². The first kappa shape index (κ1) is 23.4. The van der Waals surface area contributed by atoms with Gasteiger partial charge in [-0.25, -0.2) is 4.39 Å². The smallest absolute Gasteiger partial charge is 0.305 e. The van der Waals surface area contributed by atoms with Crippen LogP contribution in [0.15, 0.2) is 23.1 Å². The van der Waals surface area contributed by atoms with Crippen LogP contribution in [-0.2, 0) is 4.79 Å². The van der Waals surface area contributed by atoms with Crippen molar-refractivity contribution in [1.29, 1.82) is 0 Å². The van der Waals surface area contributed by atoms with Crippen LogP contribution in [-0.4, -0.2) is 34.6 Å². The maximum absolute atomic E-state index is 14.7. The van der Waals surface area contributed by atoms with Gasteiger partial charge in [-0.1, -0.05) is 27.2 Å². The van der Waals surface area contributed by atoms with Crippen LogP contribution in [0.4, 0.5) is 10.1 Å². The highest BCUT2D eigenvalue weighted by atomic mass is 19.1. The molecule has 8 heteroatoms. The van der Waals surface area contributed by atoms with Crippen molar-refractivity contribution in [3.63, 3.8) is 0 Å². The molecule has 0 saturated carbocycles. The molecule has 0 fully saturated rings. The van der Waals surface area contributed by atoms with Gasteiger partial charge in [-0.2, -0.15) is 0 Å². The maximum atomic E-state index is 14.7. The van der Waals surface area contributed by atoms with E-state index in [9.17, 15) is 18.8 Å². The van der Waals surface area contributed by atoms with E-state index in [1.807, 2.05) is 25.3 Å². The molecule has 3 N–H and O–H groups in total. The number of carboxylic acid groups (broad SMARTS) is 1. The molecule has 2 aromatic rings. The van der Waals surface area contributed by atoms with Crippen molar-refractivity contribution in [2.24, 2.45) is 0 Å². The Labute approximate surface area is 175 Å². The first-order chi connectivity index (χ1) is 14.3. The minimum atomic E-state index is -1.05. The first-order valence-corrected chi connectivity index (χ1v) is 10.5. The van der Waals surface area contributed by atoms with Crippen molar-refractivity contribution in [2.45, 2.75) is 58.9 Å². The Kier molecular flexibility index (Phi) is 8.38. The Morgan fingerprint density at radius 1 is 1.17 bits per heavy atom. The number of nitrogens with one attached hydrogen (secondary N) is 2. The molecule has 0 spiro atoms. The number of anilines is 1. The van der Waals surface area contributed by atoms with Gasteiger partial charge < -0.3 is 20.3 Å². The second-order valence-corrected chi connectivity index (χ2v) is 7.28. The lowest BCUT2D eigenvalue weighted by molar-refractivity contribution is -0.136. The summed E-state index contributed by atoms with van der Waals surface area (Å²) in [5, 5.41) is 14.4. The number of aliphatic carboxylic acids is 1. The van der Waals surface area contributed by atoms with Crippen LogP contribution < -0.4 is 16.1 Å². The second kappa shape index (κ2) is 10.8. The summed E-state index contributed by atoms with van der Waals surface area (Å²) in [5.41, 5.74) is 0.204. The van der Waals surface area contributed by atoms with Crippen LogP contribution in [0.5, 0.6) is 0 Å². The van der Waals surface area contributed by atoms with Gasteiger partial charge in [0.05, 0.1) is 17.6 Å². The lowest BCUT2D eigenvalue weighted by Gasteiger charge is -2.22. The number of nitrogens with zero attached hydrogens (tertiary/aromatic N) is 1. The maximum Gasteiger partial charge on any atom is 0.305 e. The summed E-state index contributed by atoms with van der Waals surface area (Å²) in [6, 6.07) is 2.83. The van der Waals surface area contributed by atoms with Gasteiger partial charge in [0.1, 0.15) is 11.4 Å². The van der Waals surface area contributed by atoms with Gasteiger partial charge in [-0.05, 0) is 31.4 Å². The Bertz CT molecular complexity index is 967. The molecule has 7 nitrogen and oxygen atoms in total. The monoisotopic (exact) mass is 419 g/mol. The SMILES string of the molecule is CCCCNc1cc2c(cc1F)c(=O)c(C(=O)NCCC(=O)O)cn2C(CC)CC. The molecule has 0 unspecified atom stereocenters. The highest BCUT2D eigenvalue weighted by Gasteiger charge is 2.20. The number of carbonyl (C=O) groups excluding carboxylic acids is 1. The highest BCUT2D eigenvalue weighted by Crippen LogP contribution is 2.26. The van der Waals surface area contributed by atoms with Crippen molar-refractivity contribution in [2.75, 3.05) is 18.4 Å². The molecule has 30 heavy (non-hydrogen) atoms. The zero-order chi connectivity index (χ0) is 22.3. The van der Waals surface area contributed by atoms with E-state index in [4.69, 9.17) is 5.11 Å². The van der Waals surface area contributed by atoms with Crippen LogP contribution in [0.25, 0.3) is 10.9 Å². The summed E-state index contributed by atoms with van der Waals surface area (Å²) in [6.45, 7) is 6.60. The summed E-state index contributed by atoms with van der Waals surface area (Å²) in [4.78, 5) is 36.2. The first-order valence-electron chi connectivity index (χ1n) is 10.5. The lowest BCUT2D eigenvalue weighted by Crippen LogP contribution is -2.32. The normalized spacial score (nSPS) is 11.1. The Morgan fingerprint density at radius 2 is 1.87 bits per heavy atom. The fraction of sp³-hybridized carbons (Fsp3) is 0.500. The van der Waals surface area contributed by atoms with Crippen LogP contribution in [0.3, 0.4) is 0 Å². The number of carbonyl (C=O) groups is 2. The number of amides is 1. The number of carboxylic acids is 1. The van der Waals surface area contributed by atoms with Gasteiger partial charge in [-0.3, -0.25) is 14.4 Å². The number of benzene rings is 1. The molecule has 0 atom stereocenters. The average molecular weight is 419 g/mol. The third kappa shape index (κ3) is 5.37. The number of rotatable bonds is 11. The minimum Gasteiger partial charge on any atom is -0.481 e. The van der Waals surface area contributed by atoms with Crippen molar-refractivity contribution >= 4 is 28.5 Å². The summed E-state index contributed by atoms with van der Waals surface area (Å²) in [6.07, 6.45) is 4.66. The van der Waals surface area contributed by atoms with Crippen molar-refractivity contribution < 1.29 is 19.1 Å². The number of fused-ring (bicyclic) bond motifs is 1. The average Bonchev–Trinajstić information content (AvgIpc) is 2.71. The molecule has 164 valence electrons. The van der Waals surface area contributed by atoms with Gasteiger partial charge in [0.25, 0.3) is 5.91 Å². The number of halogens is 1. The van der Waals surface area contributed by atoms with Gasteiger partial charge >= 0.3 is 5.97 Å². The minimum absolute atomic E-state index is 0.0209. The van der Waals surface area contributed by atoms with Gasteiger partial charge in [0.15, 0.2) is 0 Å². The molecule has 1 amide bonds. The number of hydrogen-bond acceptors (Lipinski definition) is 4. The van der Waals surface area contributed by atoms with Crippen LogP contribution in [0.2, 0.25) is 0 Å². The fourth-order valence-corrected chi connectivity index (χ4v) is 3.43. The highest BCUT2D eigenvalue weighted by molar-refractivity contribution is 5.98. The van der Waals surface area contributed by atoms with E-state index in [1.54, 1.807) is 6.07 Å². The number of unbranched alkanes of at least 4 members (excludes halogenated alkanes) is 1. The molecular weight excluding hydrogens is 389 g/mol. The number of hydrogen-bond donors (Lipinski definition) is 3. The molecule has 2 rings (SSSR count). The van der Waals surface area contributed by atoms with Crippen molar-refractivity contribution in [1.82, 2.24) is 9.88 Å². The van der Waals surface area contributed by atoms with Gasteiger partial charge in [-0.15, -0.1) is 0 Å². The van der Waals surface area contributed by atoms with E-state index in [2.05, 4.69) is 10.6 Å². The summed E-state index contributed by atoms with van der Waals surface area (Å²) in [5.74, 6) is -2.25. The third-order valence-electron chi connectivity index (χ3n) is 5.17. The van der Waals surface area contributed by atoms with E-state index in [-0.39, 0.29) is 30.0 Å². The molecule has 1 aromatic heterocycles. The Hall–Kier alpha value is -2.90. The molecular formula is C22H30FN3O4. The van der Waals surface area contributed by atoms with Crippen LogP contribution in [0, 0.1) is 5.82 Å². The van der Waals surface area contributed by atoms with Crippen molar-refractivity contribution in [3.8, 4) is 0 Å². The van der Waals surface area contributed by atoms with Gasteiger partial charge in [0, 0.05) is 30.7 Å². The molecule has 1 aromatic carbocycles. The fourth-order valence-electron chi connectivity index (χ4n) is 3.43. The van der Waals surface area contributed by atoms with E-state index < -0.39 is 23.1 Å². The summed E-state index contributed by atoms with van der Waals surface area (Å²) < 4.78 is 16.5. The zero-order valence-corrected chi connectivity index (χ0v) is 17.8. The molecule has 0 aliphatic heterocycles. The predicted octanol–water partition coefficient (Wildman–Crippen LogP) is 3.92. The molecule has 0 saturated heterocycles. The Balaban J connectivity index is 2.58. The van der Waals surface area contributed by atoms with E-state index in [1.165, 1.54) is 12.3 Å². The van der Waals surface area contributed by atoms with Crippen molar-refractivity contribution in [3.05, 3.63) is 39.9 Å². The number of aromatic nitrogens is 1. The molecule has 1 heterocycles. The van der Waals surface area contributed by atoms with Crippen LogP contribution in [0.1, 0.15) is 69.3 Å². The molecule has 0 bridgehead atoms. The summed E-state index contributed by atoms with van der Waals surface area (Å²) >= 11 is 0. The molecule has 0 aliphatic carbocycles. The second-order valence-electron chi connectivity index (χ2n) is 7.28. The van der Waals surface area contributed by atoms with E-state index >= 15 is 0 Å². The van der Waals surface area contributed by atoms with E-state index in [0.717, 1.165) is 25.7 Å². The number of pyridine rings is 1.